The van der Waals surface area contributed by atoms with Crippen molar-refractivity contribution in [2.75, 3.05) is 31.1 Å². The predicted molar refractivity (Wildman–Crippen MR) is 111 cm³/mol. The molecule has 0 N–H and O–H groups in total. The minimum atomic E-state index is 0.0988. The summed E-state index contributed by atoms with van der Waals surface area (Å²) >= 11 is 1.62. The van der Waals surface area contributed by atoms with Crippen molar-refractivity contribution in [3.8, 4) is 10.7 Å². The Balaban J connectivity index is 1.41. The van der Waals surface area contributed by atoms with Crippen molar-refractivity contribution in [1.82, 2.24) is 25.0 Å². The van der Waals surface area contributed by atoms with E-state index in [9.17, 15) is 0 Å². The van der Waals surface area contributed by atoms with E-state index in [2.05, 4.69) is 51.8 Å². The molecule has 4 heterocycles. The van der Waals surface area contributed by atoms with Gasteiger partial charge in [-0.25, -0.2) is 9.97 Å². The number of rotatable bonds is 5. The van der Waals surface area contributed by atoms with Crippen LogP contribution in [-0.2, 0) is 0 Å². The van der Waals surface area contributed by atoms with Crippen LogP contribution in [0.5, 0.6) is 0 Å². The van der Waals surface area contributed by atoms with E-state index in [0.29, 0.717) is 17.6 Å². The van der Waals surface area contributed by atoms with Crippen molar-refractivity contribution in [2.45, 2.75) is 39.7 Å². The Morgan fingerprint density at radius 2 is 1.86 bits per heavy atom. The molecule has 1 atom stereocenters. The maximum absolute atomic E-state index is 5.54. The lowest BCUT2D eigenvalue weighted by Crippen LogP contribution is -2.47. The summed E-state index contributed by atoms with van der Waals surface area (Å²) < 4.78 is 5.54. The number of anilines is 1. The molecule has 1 saturated heterocycles. The van der Waals surface area contributed by atoms with Crippen LogP contribution in [0.4, 0.5) is 5.82 Å². The first-order valence-corrected chi connectivity index (χ1v) is 10.6. The highest BCUT2D eigenvalue weighted by molar-refractivity contribution is 7.13. The Bertz CT molecular complexity index is 915. The van der Waals surface area contributed by atoms with E-state index in [0.717, 1.165) is 48.4 Å². The molecule has 0 bridgehead atoms. The Hall–Kier alpha value is -2.32. The molecule has 0 radical (unpaired) electrons. The summed E-state index contributed by atoms with van der Waals surface area (Å²) in [6.07, 6.45) is 0. The fourth-order valence-corrected chi connectivity index (χ4v) is 4.05. The standard InChI is InChI=1S/C20H26N6OS/c1-13(2)18-21-14(3)12-17(22-18)26-9-7-25(8-10-26)15(4)20-23-19(24-27-20)16-6-5-11-28-16/h5-6,11-13,15H,7-10H2,1-4H3. The molecule has 0 saturated carbocycles. The van der Waals surface area contributed by atoms with Gasteiger partial charge in [0.2, 0.25) is 11.7 Å². The van der Waals surface area contributed by atoms with E-state index in [4.69, 9.17) is 9.51 Å². The molecule has 1 aliphatic rings. The zero-order valence-corrected chi connectivity index (χ0v) is 17.6. The van der Waals surface area contributed by atoms with Gasteiger partial charge in [-0.1, -0.05) is 25.1 Å². The predicted octanol–water partition coefficient (Wildman–Crippen LogP) is 3.90. The zero-order chi connectivity index (χ0) is 19.7. The van der Waals surface area contributed by atoms with Crippen LogP contribution in [0.2, 0.25) is 0 Å². The minimum Gasteiger partial charge on any atom is -0.354 e. The molecule has 0 aliphatic carbocycles. The highest BCUT2D eigenvalue weighted by Crippen LogP contribution is 2.27. The van der Waals surface area contributed by atoms with Crippen LogP contribution in [-0.4, -0.2) is 51.2 Å². The van der Waals surface area contributed by atoms with Gasteiger partial charge in [0.15, 0.2) is 0 Å². The molecule has 4 rings (SSSR count). The molecule has 0 spiro atoms. The van der Waals surface area contributed by atoms with Crippen LogP contribution in [0.25, 0.3) is 10.7 Å². The molecule has 1 unspecified atom stereocenters. The number of aryl methyl sites for hydroxylation is 1. The van der Waals surface area contributed by atoms with Gasteiger partial charge < -0.3 is 9.42 Å². The maximum atomic E-state index is 5.54. The lowest BCUT2D eigenvalue weighted by Gasteiger charge is -2.37. The largest absolute Gasteiger partial charge is 0.354 e. The van der Waals surface area contributed by atoms with Gasteiger partial charge in [-0.2, -0.15) is 4.98 Å². The number of hydrogen-bond donors (Lipinski definition) is 0. The monoisotopic (exact) mass is 398 g/mol. The fourth-order valence-electron chi connectivity index (χ4n) is 3.40. The summed E-state index contributed by atoms with van der Waals surface area (Å²) in [5.41, 5.74) is 1.02. The zero-order valence-electron chi connectivity index (χ0n) is 16.8. The fraction of sp³-hybridized carbons (Fsp3) is 0.500. The molecular formula is C20H26N6OS. The summed E-state index contributed by atoms with van der Waals surface area (Å²) in [5, 5.41) is 6.16. The van der Waals surface area contributed by atoms with Crippen LogP contribution >= 0.6 is 11.3 Å². The quantitative estimate of drug-likeness (QED) is 0.645. The third kappa shape index (κ3) is 3.93. The van der Waals surface area contributed by atoms with Crippen molar-refractivity contribution in [2.24, 2.45) is 0 Å². The maximum Gasteiger partial charge on any atom is 0.244 e. The second-order valence-corrected chi connectivity index (χ2v) is 8.46. The molecule has 1 aliphatic heterocycles. The second kappa shape index (κ2) is 7.97. The molecule has 148 valence electrons. The molecular weight excluding hydrogens is 372 g/mol. The second-order valence-electron chi connectivity index (χ2n) is 7.51. The Labute approximate surface area is 169 Å². The van der Waals surface area contributed by atoms with Crippen molar-refractivity contribution < 1.29 is 4.52 Å². The number of thiophene rings is 1. The third-order valence-electron chi connectivity index (χ3n) is 5.10. The van der Waals surface area contributed by atoms with E-state index in [1.807, 2.05) is 24.4 Å². The molecule has 7 nitrogen and oxygen atoms in total. The first kappa shape index (κ1) is 19.0. The summed E-state index contributed by atoms with van der Waals surface area (Å²) in [7, 11) is 0. The highest BCUT2D eigenvalue weighted by Gasteiger charge is 2.27. The van der Waals surface area contributed by atoms with Gasteiger partial charge in [-0.15, -0.1) is 11.3 Å². The van der Waals surface area contributed by atoms with E-state index in [1.54, 1.807) is 11.3 Å². The Morgan fingerprint density at radius 1 is 1.07 bits per heavy atom. The Morgan fingerprint density at radius 3 is 2.54 bits per heavy atom. The van der Waals surface area contributed by atoms with Crippen LogP contribution in [0.3, 0.4) is 0 Å². The third-order valence-corrected chi connectivity index (χ3v) is 5.97. The van der Waals surface area contributed by atoms with Gasteiger partial charge in [0.05, 0.1) is 10.9 Å². The van der Waals surface area contributed by atoms with Gasteiger partial charge in [0.1, 0.15) is 11.6 Å². The summed E-state index contributed by atoms with van der Waals surface area (Å²) in [6, 6.07) is 6.19. The van der Waals surface area contributed by atoms with Gasteiger partial charge >= 0.3 is 0 Å². The van der Waals surface area contributed by atoms with E-state index >= 15 is 0 Å². The van der Waals surface area contributed by atoms with Gasteiger partial charge in [0, 0.05) is 43.9 Å². The van der Waals surface area contributed by atoms with Crippen LogP contribution < -0.4 is 4.90 Å². The molecule has 1 fully saturated rings. The number of piperazine rings is 1. The normalized spacial score (nSPS) is 16.7. The lowest BCUT2D eigenvalue weighted by atomic mass is 10.2. The molecule has 0 aromatic carbocycles. The van der Waals surface area contributed by atoms with Crippen LogP contribution in [0, 0.1) is 6.92 Å². The Kier molecular flexibility index (Phi) is 5.41. The van der Waals surface area contributed by atoms with Crippen molar-refractivity contribution in [3.05, 3.63) is 41.0 Å². The molecule has 0 amide bonds. The van der Waals surface area contributed by atoms with Crippen molar-refractivity contribution in [1.29, 1.82) is 0 Å². The summed E-state index contributed by atoms with van der Waals surface area (Å²) in [4.78, 5) is 19.7. The summed E-state index contributed by atoms with van der Waals surface area (Å²) in [5.74, 6) is 3.62. The number of aromatic nitrogens is 4. The molecule has 3 aromatic rings. The topological polar surface area (TPSA) is 71.2 Å². The van der Waals surface area contributed by atoms with E-state index in [-0.39, 0.29) is 6.04 Å². The van der Waals surface area contributed by atoms with Crippen molar-refractivity contribution >= 4 is 17.2 Å². The molecule has 8 heteroatoms. The van der Waals surface area contributed by atoms with E-state index < -0.39 is 0 Å². The lowest BCUT2D eigenvalue weighted by molar-refractivity contribution is 0.164. The van der Waals surface area contributed by atoms with Gasteiger partial charge in [-0.05, 0) is 25.3 Å². The van der Waals surface area contributed by atoms with Crippen LogP contribution in [0.15, 0.2) is 28.1 Å². The smallest absolute Gasteiger partial charge is 0.244 e. The SMILES string of the molecule is Cc1cc(N2CCN(C(C)c3nc(-c4cccs4)no3)CC2)nc(C(C)C)n1. The minimum absolute atomic E-state index is 0.0988. The number of nitrogens with zero attached hydrogens (tertiary/aromatic N) is 6. The van der Waals surface area contributed by atoms with Gasteiger partial charge in [0.25, 0.3) is 0 Å². The van der Waals surface area contributed by atoms with Crippen LogP contribution in [0.1, 0.15) is 50.1 Å². The summed E-state index contributed by atoms with van der Waals surface area (Å²) in [6.45, 7) is 12.1. The number of hydrogen-bond acceptors (Lipinski definition) is 8. The van der Waals surface area contributed by atoms with Crippen molar-refractivity contribution in [3.63, 3.8) is 0 Å². The first-order chi connectivity index (χ1) is 13.5. The van der Waals surface area contributed by atoms with Gasteiger partial charge in [-0.3, -0.25) is 4.90 Å². The van der Waals surface area contributed by atoms with E-state index in [1.165, 1.54) is 0 Å². The highest BCUT2D eigenvalue weighted by atomic mass is 32.1. The molecule has 28 heavy (non-hydrogen) atoms. The molecule has 3 aromatic heterocycles. The average molecular weight is 399 g/mol. The average Bonchev–Trinajstić information content (AvgIpc) is 3.38. The first-order valence-electron chi connectivity index (χ1n) is 9.73.